The zero-order valence-electron chi connectivity index (χ0n) is 11.4. The molecule has 1 aromatic rings. The standard InChI is InChI=1S/C14H21NO3/c1-5-18-14(16)9-15-11-6-7-13(17-4)12(8-11)10(2)3/h6-8,10,15H,5,9H2,1-4H3. The predicted octanol–water partition coefficient (Wildman–Crippen LogP) is 2.79. The molecule has 0 saturated carbocycles. The number of benzene rings is 1. The third-order valence-electron chi connectivity index (χ3n) is 2.59. The van der Waals surface area contributed by atoms with E-state index < -0.39 is 0 Å². The highest BCUT2D eigenvalue weighted by molar-refractivity contribution is 5.75. The van der Waals surface area contributed by atoms with Gasteiger partial charge in [0, 0.05) is 5.69 Å². The number of anilines is 1. The summed E-state index contributed by atoms with van der Waals surface area (Å²) in [5, 5.41) is 3.05. The number of carbonyl (C=O) groups is 1. The van der Waals surface area contributed by atoms with Crippen LogP contribution in [0.4, 0.5) is 5.69 Å². The molecule has 0 aliphatic carbocycles. The van der Waals surface area contributed by atoms with Gasteiger partial charge in [0.25, 0.3) is 0 Å². The van der Waals surface area contributed by atoms with Gasteiger partial charge in [-0.2, -0.15) is 0 Å². The predicted molar refractivity (Wildman–Crippen MR) is 72.2 cm³/mol. The molecule has 4 heteroatoms. The zero-order chi connectivity index (χ0) is 13.5. The minimum absolute atomic E-state index is 0.178. The quantitative estimate of drug-likeness (QED) is 0.790. The van der Waals surface area contributed by atoms with Crippen LogP contribution >= 0.6 is 0 Å². The average Bonchev–Trinajstić information content (AvgIpc) is 2.36. The molecule has 0 radical (unpaired) electrons. The molecule has 4 nitrogen and oxygen atoms in total. The number of methoxy groups -OCH3 is 1. The molecule has 1 N–H and O–H groups in total. The van der Waals surface area contributed by atoms with Gasteiger partial charge >= 0.3 is 5.97 Å². The topological polar surface area (TPSA) is 47.6 Å². The average molecular weight is 251 g/mol. The second-order valence-corrected chi connectivity index (χ2v) is 4.27. The van der Waals surface area contributed by atoms with Crippen LogP contribution in [-0.4, -0.2) is 26.2 Å². The van der Waals surface area contributed by atoms with Crippen molar-refractivity contribution in [3.05, 3.63) is 23.8 Å². The van der Waals surface area contributed by atoms with E-state index >= 15 is 0 Å². The van der Waals surface area contributed by atoms with Crippen LogP contribution in [0.3, 0.4) is 0 Å². The molecular weight excluding hydrogens is 230 g/mol. The maximum atomic E-state index is 11.2. The lowest BCUT2D eigenvalue weighted by atomic mass is 10.0. The van der Waals surface area contributed by atoms with Crippen molar-refractivity contribution in [2.24, 2.45) is 0 Å². The van der Waals surface area contributed by atoms with Crippen molar-refractivity contribution in [2.75, 3.05) is 25.6 Å². The summed E-state index contributed by atoms with van der Waals surface area (Å²) in [5.74, 6) is 0.982. The summed E-state index contributed by atoms with van der Waals surface area (Å²) >= 11 is 0. The molecule has 100 valence electrons. The Kier molecular flexibility index (Phi) is 5.49. The van der Waals surface area contributed by atoms with E-state index in [0.717, 1.165) is 17.0 Å². The molecule has 0 amide bonds. The van der Waals surface area contributed by atoms with Crippen molar-refractivity contribution in [3.8, 4) is 5.75 Å². The van der Waals surface area contributed by atoms with Gasteiger partial charge in [-0.1, -0.05) is 13.8 Å². The summed E-state index contributed by atoms with van der Waals surface area (Å²) in [6, 6.07) is 5.80. The molecule has 0 bridgehead atoms. The first kappa shape index (κ1) is 14.4. The molecule has 0 aliphatic rings. The van der Waals surface area contributed by atoms with E-state index in [1.165, 1.54) is 0 Å². The highest BCUT2D eigenvalue weighted by atomic mass is 16.5. The van der Waals surface area contributed by atoms with Gasteiger partial charge in [0.2, 0.25) is 0 Å². The molecule has 0 aliphatic heterocycles. The highest BCUT2D eigenvalue weighted by Gasteiger charge is 2.09. The van der Waals surface area contributed by atoms with Crippen molar-refractivity contribution in [3.63, 3.8) is 0 Å². The van der Waals surface area contributed by atoms with Crippen molar-refractivity contribution in [1.29, 1.82) is 0 Å². The number of rotatable bonds is 6. The lowest BCUT2D eigenvalue weighted by Crippen LogP contribution is -2.16. The fraction of sp³-hybridized carbons (Fsp3) is 0.500. The Morgan fingerprint density at radius 1 is 1.39 bits per heavy atom. The number of carbonyl (C=O) groups excluding carboxylic acids is 1. The van der Waals surface area contributed by atoms with Crippen molar-refractivity contribution < 1.29 is 14.3 Å². The van der Waals surface area contributed by atoms with E-state index in [1.54, 1.807) is 14.0 Å². The van der Waals surface area contributed by atoms with Crippen LogP contribution in [0.15, 0.2) is 18.2 Å². The van der Waals surface area contributed by atoms with Crippen LogP contribution in [0.5, 0.6) is 5.75 Å². The third-order valence-corrected chi connectivity index (χ3v) is 2.59. The summed E-state index contributed by atoms with van der Waals surface area (Å²) in [7, 11) is 1.66. The fourth-order valence-corrected chi connectivity index (χ4v) is 1.68. The van der Waals surface area contributed by atoms with Gasteiger partial charge in [-0.25, -0.2) is 0 Å². The van der Waals surface area contributed by atoms with Gasteiger partial charge in [0.15, 0.2) is 0 Å². The maximum Gasteiger partial charge on any atom is 0.325 e. The van der Waals surface area contributed by atoms with Crippen molar-refractivity contribution >= 4 is 11.7 Å². The second kappa shape index (κ2) is 6.89. The first-order valence-corrected chi connectivity index (χ1v) is 6.15. The normalized spacial score (nSPS) is 10.3. The van der Waals surface area contributed by atoms with Crippen molar-refractivity contribution in [2.45, 2.75) is 26.7 Å². The van der Waals surface area contributed by atoms with Crippen LogP contribution in [-0.2, 0) is 9.53 Å². The summed E-state index contributed by atoms with van der Waals surface area (Å²) in [4.78, 5) is 11.2. The number of nitrogens with one attached hydrogen (secondary N) is 1. The summed E-state index contributed by atoms with van der Waals surface area (Å²) in [5.41, 5.74) is 2.01. The summed E-state index contributed by atoms with van der Waals surface area (Å²) < 4.78 is 10.2. The molecule has 0 unspecified atom stereocenters. The Balaban J connectivity index is 2.73. The van der Waals surface area contributed by atoms with E-state index in [4.69, 9.17) is 9.47 Å². The SMILES string of the molecule is CCOC(=O)CNc1ccc(OC)c(C(C)C)c1. The second-order valence-electron chi connectivity index (χ2n) is 4.27. The van der Waals surface area contributed by atoms with Crippen molar-refractivity contribution in [1.82, 2.24) is 0 Å². The summed E-state index contributed by atoms with van der Waals surface area (Å²) in [6.07, 6.45) is 0. The molecule has 1 aromatic carbocycles. The number of hydrogen-bond donors (Lipinski definition) is 1. The van der Waals surface area contributed by atoms with Crippen LogP contribution in [0.2, 0.25) is 0 Å². The smallest absolute Gasteiger partial charge is 0.325 e. The molecule has 0 spiro atoms. The minimum Gasteiger partial charge on any atom is -0.496 e. The largest absolute Gasteiger partial charge is 0.496 e. The Morgan fingerprint density at radius 3 is 2.67 bits per heavy atom. The van der Waals surface area contributed by atoms with Crippen LogP contribution in [0.1, 0.15) is 32.3 Å². The number of hydrogen-bond acceptors (Lipinski definition) is 4. The first-order valence-electron chi connectivity index (χ1n) is 6.15. The monoisotopic (exact) mass is 251 g/mol. The van der Waals surface area contributed by atoms with Crippen LogP contribution < -0.4 is 10.1 Å². The van der Waals surface area contributed by atoms with E-state index in [-0.39, 0.29) is 12.5 Å². The van der Waals surface area contributed by atoms with Crippen LogP contribution in [0.25, 0.3) is 0 Å². The van der Waals surface area contributed by atoms with Gasteiger partial charge in [0.1, 0.15) is 12.3 Å². The van der Waals surface area contributed by atoms with Gasteiger partial charge < -0.3 is 14.8 Å². The molecular formula is C14H21NO3. The molecule has 0 saturated heterocycles. The first-order chi connectivity index (χ1) is 8.58. The zero-order valence-corrected chi connectivity index (χ0v) is 11.4. The number of ether oxygens (including phenoxy) is 2. The minimum atomic E-state index is -0.251. The molecule has 0 aromatic heterocycles. The lowest BCUT2D eigenvalue weighted by molar-refractivity contribution is -0.140. The van der Waals surface area contributed by atoms with Gasteiger partial charge in [-0.05, 0) is 36.6 Å². The van der Waals surface area contributed by atoms with Gasteiger partial charge in [-0.3, -0.25) is 4.79 Å². The third kappa shape index (κ3) is 3.95. The lowest BCUT2D eigenvalue weighted by Gasteiger charge is -2.14. The molecule has 0 atom stereocenters. The maximum absolute atomic E-state index is 11.2. The van der Waals surface area contributed by atoms with E-state index in [0.29, 0.717) is 12.5 Å². The highest BCUT2D eigenvalue weighted by Crippen LogP contribution is 2.28. The Morgan fingerprint density at radius 2 is 2.11 bits per heavy atom. The van der Waals surface area contributed by atoms with E-state index in [1.807, 2.05) is 18.2 Å². The Labute approximate surface area is 108 Å². The van der Waals surface area contributed by atoms with Crippen LogP contribution in [0, 0.1) is 0 Å². The summed E-state index contributed by atoms with van der Waals surface area (Å²) in [6.45, 7) is 6.58. The van der Waals surface area contributed by atoms with Gasteiger partial charge in [-0.15, -0.1) is 0 Å². The Bertz CT molecular complexity index is 402. The molecule has 18 heavy (non-hydrogen) atoms. The van der Waals surface area contributed by atoms with E-state index in [2.05, 4.69) is 19.2 Å². The molecule has 1 rings (SSSR count). The molecule has 0 heterocycles. The fourth-order valence-electron chi connectivity index (χ4n) is 1.68. The van der Waals surface area contributed by atoms with Gasteiger partial charge in [0.05, 0.1) is 13.7 Å². The molecule has 0 fully saturated rings. The van der Waals surface area contributed by atoms with E-state index in [9.17, 15) is 4.79 Å². The Hall–Kier alpha value is -1.71. The number of esters is 1.